The summed E-state index contributed by atoms with van der Waals surface area (Å²) in [4.78, 5) is 10.3. The van der Waals surface area contributed by atoms with E-state index in [2.05, 4.69) is 209 Å². The number of allylic oxidation sites excluding steroid dienone is 18. The number of para-hydroxylation sites is 3. The molecule has 0 radical (unpaired) electrons. The number of fused-ring (bicyclic) bond motifs is 11. The van der Waals surface area contributed by atoms with Gasteiger partial charge in [0.2, 0.25) is 0 Å². The fourth-order valence-corrected chi connectivity index (χ4v) is 12.2. The first-order valence-corrected chi connectivity index (χ1v) is 24.8. The van der Waals surface area contributed by atoms with Crippen LogP contribution in [0.25, 0.3) is 61.2 Å². The van der Waals surface area contributed by atoms with E-state index in [-0.39, 0.29) is 12.1 Å². The molecule has 4 aromatic carbocycles. The van der Waals surface area contributed by atoms with Crippen LogP contribution < -0.4 is 9.80 Å². The van der Waals surface area contributed by atoms with Crippen molar-refractivity contribution >= 4 is 67.6 Å². The fraction of sp³-hybridized carbons (Fsp3) is 0.190. The van der Waals surface area contributed by atoms with Crippen LogP contribution >= 0.6 is 0 Å². The lowest BCUT2D eigenvalue weighted by Crippen LogP contribution is -2.34. The molecule has 0 amide bonds. The van der Waals surface area contributed by atoms with E-state index in [9.17, 15) is 0 Å². The maximum Gasteiger partial charge on any atom is 0.140 e. The summed E-state index contributed by atoms with van der Waals surface area (Å²) in [6.07, 6.45) is 46.0. The van der Waals surface area contributed by atoms with Crippen LogP contribution in [0.5, 0.6) is 0 Å². The molecule has 0 spiro atoms. The Morgan fingerprint density at radius 3 is 2.43 bits per heavy atom. The monoisotopic (exact) mass is 881 g/mol. The van der Waals surface area contributed by atoms with Crippen molar-refractivity contribution in [3.8, 4) is 11.1 Å². The maximum atomic E-state index is 5.14. The third kappa shape index (κ3) is 6.32. The second kappa shape index (κ2) is 16.6. The van der Waals surface area contributed by atoms with Crippen LogP contribution in [0, 0.1) is 0 Å². The summed E-state index contributed by atoms with van der Waals surface area (Å²) in [6.45, 7) is 6.65. The smallest absolute Gasteiger partial charge is 0.140 e. The van der Waals surface area contributed by atoms with Crippen LogP contribution in [0.2, 0.25) is 0 Å². The van der Waals surface area contributed by atoms with E-state index in [4.69, 9.17) is 4.99 Å². The van der Waals surface area contributed by atoms with Crippen molar-refractivity contribution in [1.82, 2.24) is 9.13 Å². The summed E-state index contributed by atoms with van der Waals surface area (Å²) in [7, 11) is 0. The third-order valence-electron chi connectivity index (χ3n) is 15.2. The van der Waals surface area contributed by atoms with Crippen LogP contribution in [0.4, 0.5) is 11.4 Å². The lowest BCUT2D eigenvalue weighted by atomic mass is 9.90. The number of hydrogen-bond donors (Lipinski definition) is 0. The lowest BCUT2D eigenvalue weighted by Gasteiger charge is -2.36. The molecule has 5 heterocycles. The second-order valence-corrected chi connectivity index (χ2v) is 19.0. The van der Waals surface area contributed by atoms with Gasteiger partial charge in [-0.05, 0) is 129 Å². The zero-order chi connectivity index (χ0) is 45.3. The average molecular weight is 882 g/mol. The number of hydrogen-bond acceptors (Lipinski definition) is 3. The minimum absolute atomic E-state index is 0.00541. The molecule has 2 unspecified atom stereocenters. The topological polar surface area (TPSA) is 28.7 Å². The predicted octanol–water partition coefficient (Wildman–Crippen LogP) is 16.3. The quantitative estimate of drug-likeness (QED) is 0.150. The molecule has 3 aliphatic heterocycles. The van der Waals surface area contributed by atoms with Gasteiger partial charge in [-0.1, -0.05) is 140 Å². The summed E-state index contributed by atoms with van der Waals surface area (Å²) in [6, 6.07) is 32.0. The van der Waals surface area contributed by atoms with Gasteiger partial charge in [-0.3, -0.25) is 4.90 Å². The number of aromatic nitrogens is 2. The summed E-state index contributed by atoms with van der Waals surface area (Å²) < 4.78 is 5.14. The van der Waals surface area contributed by atoms with Gasteiger partial charge in [-0.25, -0.2) is 4.99 Å². The summed E-state index contributed by atoms with van der Waals surface area (Å²) in [5.74, 6) is 1.06. The standard InChI is InChI=1S/C63H55N5/c1-3-19-49(42(2)65-54-29-14-12-27-52(54)60-58(65)40-37-44-33-34-45-20-18-41-64-63(45)68(61(44)60)47-23-8-5-9-24-47)43-35-38-48(39-36-43)66-55-30-15-10-25-50(55)59-51-26-11-16-31-56(51)67(46-21-6-4-7-22-46)62(59)53-28-13-17-32-57(53)66/h3,5-6,8,10-12,14-17,19,21-23,25-27,29-38,40-42,48H,1,4,7,9,13,18,20,24,28,39H2,2H3/b49-19+. The molecule has 13 rings (SSSR count). The Balaban J connectivity index is 0.916. The molecule has 0 saturated heterocycles. The van der Waals surface area contributed by atoms with Gasteiger partial charge < -0.3 is 14.0 Å². The highest BCUT2D eigenvalue weighted by molar-refractivity contribution is 6.17. The number of aliphatic imine (C=N–C) groups is 1. The molecular weight excluding hydrogens is 827 g/mol. The first kappa shape index (κ1) is 40.6. The Morgan fingerprint density at radius 1 is 0.750 bits per heavy atom. The van der Waals surface area contributed by atoms with Gasteiger partial charge in [0.25, 0.3) is 0 Å². The largest absolute Gasteiger partial charge is 0.333 e. The van der Waals surface area contributed by atoms with Gasteiger partial charge in [0.15, 0.2) is 0 Å². The normalized spacial score (nSPS) is 20.2. The molecule has 5 nitrogen and oxygen atoms in total. The molecule has 0 fully saturated rings. The van der Waals surface area contributed by atoms with Crippen molar-refractivity contribution in [1.29, 1.82) is 0 Å². The lowest BCUT2D eigenvalue weighted by molar-refractivity contribution is 0.673. The highest BCUT2D eigenvalue weighted by atomic mass is 15.2. The van der Waals surface area contributed by atoms with E-state index >= 15 is 0 Å². The van der Waals surface area contributed by atoms with E-state index in [0.29, 0.717) is 0 Å². The van der Waals surface area contributed by atoms with Gasteiger partial charge in [-0.15, -0.1) is 0 Å². The highest BCUT2D eigenvalue weighted by Gasteiger charge is 2.36. The zero-order valence-electron chi connectivity index (χ0n) is 38.8. The molecule has 0 saturated carbocycles. The van der Waals surface area contributed by atoms with Gasteiger partial charge in [0, 0.05) is 67.4 Å². The first-order chi connectivity index (χ1) is 33.7. The minimum Gasteiger partial charge on any atom is -0.333 e. The Bertz CT molecular complexity index is 3530. The fourth-order valence-electron chi connectivity index (χ4n) is 12.2. The van der Waals surface area contributed by atoms with E-state index in [1.165, 1.54) is 106 Å². The van der Waals surface area contributed by atoms with Crippen molar-refractivity contribution in [3.63, 3.8) is 0 Å². The van der Waals surface area contributed by atoms with Crippen molar-refractivity contribution in [2.45, 2.75) is 76.8 Å². The molecule has 68 heavy (non-hydrogen) atoms. The van der Waals surface area contributed by atoms with E-state index in [0.717, 1.165) is 63.6 Å². The summed E-state index contributed by atoms with van der Waals surface area (Å²) in [5.41, 5.74) is 20.5. The van der Waals surface area contributed by atoms with Crippen LogP contribution in [-0.4, -0.2) is 21.4 Å². The maximum absolute atomic E-state index is 5.14. The van der Waals surface area contributed by atoms with Gasteiger partial charge in [-0.2, -0.15) is 0 Å². The van der Waals surface area contributed by atoms with Crippen molar-refractivity contribution < 1.29 is 0 Å². The number of anilines is 2. The molecule has 2 atom stereocenters. The van der Waals surface area contributed by atoms with Crippen LogP contribution in [0.1, 0.15) is 82.0 Å². The molecule has 0 bridgehead atoms. The Labute approximate surface area is 399 Å². The minimum atomic E-state index is 0.00541. The SMILES string of the molecule is C=C/C=C(/C1=CCC(N2C3=C(CCC=C3)c3c(c4ccccc4n3C3=CCCC=C3)-c3ccccc32)C=C1)C(C)n1c2ccccc2c2c3c(ccc21)C=CC1=C(N=CCC1)N3C1=CC=CCC1. The molecule has 332 valence electrons. The molecule has 4 aliphatic carbocycles. The zero-order valence-corrected chi connectivity index (χ0v) is 38.8. The molecule has 0 N–H and O–H groups in total. The van der Waals surface area contributed by atoms with Crippen LogP contribution in [0.15, 0.2) is 215 Å². The molecule has 6 aromatic rings. The van der Waals surface area contributed by atoms with E-state index in [1.54, 1.807) is 0 Å². The number of nitrogens with zero attached hydrogens (tertiary/aromatic N) is 5. The average Bonchev–Trinajstić information content (AvgIpc) is 3.81. The molecule has 5 heteroatoms. The third-order valence-corrected chi connectivity index (χ3v) is 15.2. The Hall–Kier alpha value is -7.63. The Kier molecular flexibility index (Phi) is 9.92. The molecule has 2 aromatic heterocycles. The Morgan fingerprint density at radius 2 is 1.59 bits per heavy atom. The number of rotatable bonds is 7. The van der Waals surface area contributed by atoms with Crippen molar-refractivity contribution in [2.24, 2.45) is 4.99 Å². The van der Waals surface area contributed by atoms with E-state index < -0.39 is 0 Å². The summed E-state index contributed by atoms with van der Waals surface area (Å²) >= 11 is 0. The van der Waals surface area contributed by atoms with Crippen molar-refractivity contribution in [3.05, 3.63) is 222 Å². The van der Waals surface area contributed by atoms with Crippen LogP contribution in [0.3, 0.4) is 0 Å². The predicted molar refractivity (Wildman–Crippen MR) is 289 cm³/mol. The number of benzene rings is 4. The van der Waals surface area contributed by atoms with Gasteiger partial charge in [0.05, 0.1) is 34.5 Å². The molecule has 7 aliphatic rings. The van der Waals surface area contributed by atoms with Crippen molar-refractivity contribution in [2.75, 3.05) is 9.80 Å². The molecular formula is C63H55N5. The van der Waals surface area contributed by atoms with Crippen LogP contribution in [-0.2, 0) is 0 Å². The highest BCUT2D eigenvalue weighted by Crippen LogP contribution is 2.52. The first-order valence-electron chi connectivity index (χ1n) is 24.8. The van der Waals surface area contributed by atoms with E-state index in [1.807, 2.05) is 6.08 Å². The van der Waals surface area contributed by atoms with Gasteiger partial charge in [0.1, 0.15) is 5.82 Å². The summed E-state index contributed by atoms with van der Waals surface area (Å²) in [5, 5.41) is 3.84. The van der Waals surface area contributed by atoms with Gasteiger partial charge >= 0.3 is 0 Å². The second-order valence-electron chi connectivity index (χ2n) is 19.0.